The Bertz CT molecular complexity index is 653. The van der Waals surface area contributed by atoms with Gasteiger partial charge in [-0.15, -0.1) is 11.6 Å². The Kier molecular flexibility index (Phi) is 4.78. The number of rotatable bonds is 4. The highest BCUT2D eigenvalue weighted by molar-refractivity contribution is 6.42. The van der Waals surface area contributed by atoms with Crippen LogP contribution in [0, 0.1) is 0 Å². The van der Waals surface area contributed by atoms with Crippen molar-refractivity contribution in [2.24, 2.45) is 0 Å². The van der Waals surface area contributed by atoms with Gasteiger partial charge >= 0.3 is 5.97 Å². The first-order chi connectivity index (χ1) is 9.43. The van der Waals surface area contributed by atoms with Crippen molar-refractivity contribution in [3.8, 4) is 0 Å². The highest BCUT2D eigenvalue weighted by Gasteiger charge is 2.18. The number of esters is 1. The summed E-state index contributed by atoms with van der Waals surface area (Å²) in [5, 5.41) is 0.459. The zero-order valence-electron chi connectivity index (χ0n) is 11.0. The number of fused-ring (bicyclic) bond motifs is 1. The molecule has 4 nitrogen and oxygen atoms in total. The molecular weight excluding hydrogens is 323 g/mol. The van der Waals surface area contributed by atoms with Gasteiger partial charge in [0.15, 0.2) is 0 Å². The number of hydrogen-bond acceptors (Lipinski definition) is 3. The molecule has 0 saturated heterocycles. The zero-order valence-corrected chi connectivity index (χ0v) is 13.3. The van der Waals surface area contributed by atoms with Crippen LogP contribution in [-0.2, 0) is 16.1 Å². The molecule has 1 aromatic heterocycles. The predicted octanol–water partition coefficient (Wildman–Crippen LogP) is 4.21. The third-order valence-corrected chi connectivity index (χ3v) is 3.69. The van der Waals surface area contributed by atoms with E-state index in [0.29, 0.717) is 33.5 Å². The Labute approximate surface area is 131 Å². The van der Waals surface area contributed by atoms with Gasteiger partial charge in [-0.3, -0.25) is 4.79 Å². The van der Waals surface area contributed by atoms with Gasteiger partial charge in [-0.2, -0.15) is 0 Å². The topological polar surface area (TPSA) is 44.1 Å². The average molecular weight is 336 g/mol. The molecule has 2 aromatic rings. The van der Waals surface area contributed by atoms with Crippen molar-refractivity contribution in [3.05, 3.63) is 28.0 Å². The molecule has 0 fully saturated rings. The molecule has 0 spiro atoms. The zero-order chi connectivity index (χ0) is 14.9. The van der Waals surface area contributed by atoms with E-state index in [4.69, 9.17) is 39.5 Å². The van der Waals surface area contributed by atoms with Crippen LogP contribution in [0.25, 0.3) is 11.0 Å². The number of alkyl halides is 1. The van der Waals surface area contributed by atoms with Crippen LogP contribution < -0.4 is 0 Å². The lowest BCUT2D eigenvalue weighted by Crippen LogP contribution is -2.15. The van der Waals surface area contributed by atoms with E-state index in [1.54, 1.807) is 30.5 Å². The van der Waals surface area contributed by atoms with Gasteiger partial charge in [-0.1, -0.05) is 23.2 Å². The molecule has 0 amide bonds. The van der Waals surface area contributed by atoms with Crippen LogP contribution in [-0.4, -0.2) is 22.1 Å². The first-order valence-electron chi connectivity index (χ1n) is 6.09. The summed E-state index contributed by atoms with van der Waals surface area (Å²) >= 11 is 18.1. The highest BCUT2D eigenvalue weighted by atomic mass is 35.5. The number of carbonyl (C=O) groups is 1. The summed E-state index contributed by atoms with van der Waals surface area (Å²) in [6, 6.07) is 3.33. The number of carbonyl (C=O) groups excluding carboxylic acids is 1. The van der Waals surface area contributed by atoms with E-state index >= 15 is 0 Å². The van der Waals surface area contributed by atoms with E-state index in [0.717, 1.165) is 0 Å². The fraction of sp³-hybridized carbons (Fsp3) is 0.385. The van der Waals surface area contributed by atoms with Gasteiger partial charge in [0.05, 0.1) is 33.1 Å². The molecule has 7 heteroatoms. The Morgan fingerprint density at radius 1 is 1.40 bits per heavy atom. The molecule has 0 aliphatic carbocycles. The number of ether oxygens (including phenoxy) is 1. The van der Waals surface area contributed by atoms with Crippen LogP contribution in [0.2, 0.25) is 10.0 Å². The molecule has 20 heavy (non-hydrogen) atoms. The minimum Gasteiger partial charge on any atom is -0.465 e. The molecule has 2 rings (SSSR count). The monoisotopic (exact) mass is 334 g/mol. The molecule has 1 heterocycles. The lowest BCUT2D eigenvalue weighted by atomic mass is 10.3. The van der Waals surface area contributed by atoms with E-state index in [9.17, 15) is 4.79 Å². The Morgan fingerprint density at radius 2 is 2.05 bits per heavy atom. The lowest BCUT2D eigenvalue weighted by Gasteiger charge is -2.10. The molecule has 0 N–H and O–H groups in total. The maximum Gasteiger partial charge on any atom is 0.326 e. The first kappa shape index (κ1) is 15.4. The number of aromatic nitrogens is 2. The van der Waals surface area contributed by atoms with Crippen molar-refractivity contribution in [1.82, 2.24) is 9.55 Å². The van der Waals surface area contributed by atoms with Gasteiger partial charge in [0.2, 0.25) is 0 Å². The van der Waals surface area contributed by atoms with E-state index in [-0.39, 0.29) is 17.9 Å². The fourth-order valence-electron chi connectivity index (χ4n) is 1.94. The molecule has 1 atom stereocenters. The van der Waals surface area contributed by atoms with Crippen molar-refractivity contribution < 1.29 is 9.53 Å². The Morgan fingerprint density at radius 3 is 2.65 bits per heavy atom. The van der Waals surface area contributed by atoms with Crippen molar-refractivity contribution in [1.29, 1.82) is 0 Å². The highest BCUT2D eigenvalue weighted by Crippen LogP contribution is 2.31. The Balaban J connectivity index is 2.56. The van der Waals surface area contributed by atoms with Crippen LogP contribution in [0.5, 0.6) is 0 Å². The average Bonchev–Trinajstić information content (AvgIpc) is 2.69. The van der Waals surface area contributed by atoms with Crippen molar-refractivity contribution in [2.45, 2.75) is 25.8 Å². The van der Waals surface area contributed by atoms with Gasteiger partial charge in [0.25, 0.3) is 0 Å². The second-order valence-electron chi connectivity index (χ2n) is 4.23. The van der Waals surface area contributed by atoms with Crippen LogP contribution in [0.3, 0.4) is 0 Å². The summed E-state index contributed by atoms with van der Waals surface area (Å²) < 4.78 is 6.66. The quantitative estimate of drug-likeness (QED) is 0.621. The molecule has 108 valence electrons. The van der Waals surface area contributed by atoms with Crippen molar-refractivity contribution in [3.63, 3.8) is 0 Å². The second-order valence-corrected chi connectivity index (χ2v) is 5.70. The standard InChI is InChI=1S/C13H13Cl3N2O2/c1-3-20-12(19)6-18-11-5-9(16)8(15)4-10(11)17-13(18)7(2)14/h4-5,7H,3,6H2,1-2H3. The van der Waals surface area contributed by atoms with E-state index in [2.05, 4.69) is 4.98 Å². The summed E-state index contributed by atoms with van der Waals surface area (Å²) in [6.45, 7) is 3.90. The van der Waals surface area contributed by atoms with Gasteiger partial charge in [-0.25, -0.2) is 4.98 Å². The summed E-state index contributed by atoms with van der Waals surface area (Å²) in [6.07, 6.45) is 0. The third-order valence-electron chi connectivity index (χ3n) is 2.77. The fourth-order valence-corrected chi connectivity index (χ4v) is 2.43. The summed E-state index contributed by atoms with van der Waals surface area (Å²) in [4.78, 5) is 16.1. The van der Waals surface area contributed by atoms with E-state index < -0.39 is 0 Å². The van der Waals surface area contributed by atoms with E-state index in [1.807, 2.05) is 0 Å². The van der Waals surface area contributed by atoms with Crippen LogP contribution >= 0.6 is 34.8 Å². The smallest absolute Gasteiger partial charge is 0.326 e. The molecule has 0 bridgehead atoms. The minimum atomic E-state index is -0.352. The number of halogens is 3. The normalized spacial score (nSPS) is 12.7. The Hall–Kier alpha value is -0.970. The minimum absolute atomic E-state index is 0.0364. The second kappa shape index (κ2) is 6.20. The molecule has 1 unspecified atom stereocenters. The summed E-state index contributed by atoms with van der Waals surface area (Å²) in [5.74, 6) is 0.226. The largest absolute Gasteiger partial charge is 0.465 e. The number of benzene rings is 1. The van der Waals surface area contributed by atoms with Gasteiger partial charge in [0, 0.05) is 0 Å². The number of nitrogens with zero attached hydrogens (tertiary/aromatic N) is 2. The SMILES string of the molecule is CCOC(=O)Cn1c(C(C)Cl)nc2cc(Cl)c(Cl)cc21. The van der Waals surface area contributed by atoms with Crippen molar-refractivity contribution >= 4 is 51.8 Å². The maximum atomic E-state index is 11.7. The van der Waals surface area contributed by atoms with Crippen LogP contribution in [0.4, 0.5) is 0 Å². The number of hydrogen-bond donors (Lipinski definition) is 0. The van der Waals surface area contributed by atoms with Crippen LogP contribution in [0.15, 0.2) is 12.1 Å². The summed E-state index contributed by atoms with van der Waals surface area (Å²) in [5.41, 5.74) is 1.35. The van der Waals surface area contributed by atoms with E-state index in [1.165, 1.54) is 0 Å². The third kappa shape index (κ3) is 3.03. The lowest BCUT2D eigenvalue weighted by molar-refractivity contribution is -0.143. The molecular formula is C13H13Cl3N2O2. The summed E-state index contributed by atoms with van der Waals surface area (Å²) in [7, 11) is 0. The molecule has 0 aliphatic heterocycles. The first-order valence-corrected chi connectivity index (χ1v) is 7.28. The molecule has 0 radical (unpaired) electrons. The molecule has 1 aromatic carbocycles. The van der Waals surface area contributed by atoms with Gasteiger partial charge in [0.1, 0.15) is 12.4 Å². The van der Waals surface area contributed by atoms with Gasteiger partial charge < -0.3 is 9.30 Å². The molecule has 0 aliphatic rings. The maximum absolute atomic E-state index is 11.7. The molecule has 0 saturated carbocycles. The van der Waals surface area contributed by atoms with Crippen molar-refractivity contribution in [2.75, 3.05) is 6.61 Å². The van der Waals surface area contributed by atoms with Gasteiger partial charge in [-0.05, 0) is 26.0 Å². The predicted molar refractivity (Wildman–Crippen MR) is 80.7 cm³/mol. The van der Waals surface area contributed by atoms with Crippen LogP contribution in [0.1, 0.15) is 25.0 Å². The number of imidazole rings is 1.